The Morgan fingerprint density at radius 1 is 0.558 bits per heavy atom. The molecule has 43 heavy (non-hydrogen) atoms. The van der Waals surface area contributed by atoms with Crippen LogP contribution in [0, 0.1) is 0 Å². The minimum absolute atomic E-state index is 0. The van der Waals surface area contributed by atoms with Crippen molar-refractivity contribution in [2.45, 2.75) is 13.3 Å². The number of carbonyl (C=O) groups is 2. The second-order valence-electron chi connectivity index (χ2n) is 8.37. The molecule has 0 saturated carbocycles. The van der Waals surface area contributed by atoms with E-state index in [1.807, 2.05) is 97.1 Å². The molecule has 6 rings (SSSR count). The first-order chi connectivity index (χ1) is 20.3. The molecule has 0 unspecified atom stereocenters. The van der Waals surface area contributed by atoms with E-state index < -0.39 is 11.9 Å². The van der Waals surface area contributed by atoms with Crippen LogP contribution >= 0.6 is 0 Å². The van der Waals surface area contributed by atoms with Crippen LogP contribution in [0.25, 0.3) is 32.8 Å². The predicted molar refractivity (Wildman–Crippen MR) is 150 cm³/mol. The van der Waals surface area contributed by atoms with E-state index in [0.29, 0.717) is 11.2 Å². The largest absolute Gasteiger partial charge is 2.00 e. The minimum atomic E-state index is -2.19. The molecule has 0 spiro atoms. The summed E-state index contributed by atoms with van der Waals surface area (Å²) in [5, 5.41) is 26.6. The number of hydrogen-bond acceptors (Lipinski definition) is 8. The fourth-order valence-corrected chi connectivity index (χ4v) is 3.67. The van der Waals surface area contributed by atoms with Crippen LogP contribution in [0.3, 0.4) is 0 Å². The molecule has 12 nitrogen and oxygen atoms in total. The number of aromatic nitrogens is 2. The van der Waals surface area contributed by atoms with E-state index in [1.54, 1.807) is 12.1 Å². The fraction of sp³-hybridized carbons (Fsp3) is 0.0667. The topological polar surface area (TPSA) is 179 Å². The minimum Gasteiger partial charge on any atom is -0.667 e. The van der Waals surface area contributed by atoms with Gasteiger partial charge in [-0.3, -0.25) is 9.13 Å². The quantitative estimate of drug-likeness (QED) is 0.254. The number of para-hydroxylation sites is 6. The molecular weight excluding hydrogens is 603 g/mol. The van der Waals surface area contributed by atoms with Crippen molar-refractivity contribution >= 4 is 45.5 Å². The second kappa shape index (κ2) is 15.5. The molecule has 0 aliphatic carbocycles. The summed E-state index contributed by atoms with van der Waals surface area (Å²) in [5.74, 6) is -5.13. The van der Waals surface area contributed by atoms with Crippen LogP contribution in [0.5, 0.6) is 0 Å². The van der Waals surface area contributed by atoms with Crippen molar-refractivity contribution in [3.63, 3.8) is 0 Å². The third-order valence-corrected chi connectivity index (χ3v) is 5.62. The SMILES string of the molecule is O=C([O-])C(=O)[O-].O=c1oc2ccccc2n1C[N-]c1ccccc1.O=c1oc2ccccc2n1C[N-]c1ccccc1.[Co+2]. The maximum Gasteiger partial charge on any atom is 2.00 e. The molecule has 1 radical (unpaired) electrons. The molecule has 221 valence electrons. The van der Waals surface area contributed by atoms with Crippen molar-refractivity contribution in [2.24, 2.45) is 0 Å². The zero-order valence-electron chi connectivity index (χ0n) is 22.2. The molecule has 0 atom stereocenters. The number of hydrogen-bond donors (Lipinski definition) is 0. The summed E-state index contributed by atoms with van der Waals surface area (Å²) >= 11 is 0. The second-order valence-corrected chi connectivity index (χ2v) is 8.37. The number of benzene rings is 4. The molecule has 0 fully saturated rings. The molecule has 0 bridgehead atoms. The number of nitrogens with zero attached hydrogens (tertiary/aromatic N) is 4. The first-order valence-corrected chi connectivity index (χ1v) is 12.4. The Kier molecular flexibility index (Phi) is 11.5. The van der Waals surface area contributed by atoms with Gasteiger partial charge < -0.3 is 39.3 Å². The van der Waals surface area contributed by atoms with Gasteiger partial charge in [-0.05, 0) is 37.6 Å². The Labute approximate surface area is 254 Å². The molecule has 13 heteroatoms. The number of fused-ring (bicyclic) bond motifs is 2. The van der Waals surface area contributed by atoms with Crippen molar-refractivity contribution < 1.29 is 45.4 Å². The van der Waals surface area contributed by atoms with Gasteiger partial charge in [0.2, 0.25) is 0 Å². The summed E-state index contributed by atoms with van der Waals surface area (Å²) in [5.41, 5.74) is 4.39. The van der Waals surface area contributed by atoms with Crippen molar-refractivity contribution in [1.82, 2.24) is 9.13 Å². The van der Waals surface area contributed by atoms with Crippen LogP contribution in [0.4, 0.5) is 11.4 Å². The monoisotopic (exact) mass is 625 g/mol. The van der Waals surface area contributed by atoms with Crippen molar-refractivity contribution in [2.75, 3.05) is 0 Å². The molecule has 0 saturated heterocycles. The molecule has 0 aliphatic heterocycles. The van der Waals surface area contributed by atoms with Gasteiger partial charge in [-0.2, -0.15) is 0 Å². The van der Waals surface area contributed by atoms with Crippen molar-refractivity contribution in [3.05, 3.63) is 141 Å². The number of carboxylic acid groups (broad SMARTS) is 2. The Morgan fingerprint density at radius 3 is 1.23 bits per heavy atom. The maximum absolute atomic E-state index is 11.7. The fourth-order valence-electron chi connectivity index (χ4n) is 3.67. The first kappa shape index (κ1) is 32.0. The van der Waals surface area contributed by atoms with E-state index in [2.05, 4.69) is 10.6 Å². The van der Waals surface area contributed by atoms with E-state index in [-0.39, 0.29) is 41.6 Å². The summed E-state index contributed by atoms with van der Waals surface area (Å²) < 4.78 is 13.3. The van der Waals surface area contributed by atoms with Gasteiger partial charge in [0.15, 0.2) is 11.2 Å². The van der Waals surface area contributed by atoms with Crippen LogP contribution < -0.4 is 21.7 Å². The molecule has 2 aromatic heterocycles. The number of rotatable bonds is 6. The normalized spacial score (nSPS) is 9.95. The number of oxazole rings is 2. The summed E-state index contributed by atoms with van der Waals surface area (Å²) in [6, 6.07) is 33.7. The smallest absolute Gasteiger partial charge is 0.667 e. The van der Waals surface area contributed by atoms with Crippen LogP contribution in [0.1, 0.15) is 0 Å². The number of carboxylic acids is 2. The van der Waals surface area contributed by atoms with Gasteiger partial charge in [-0.25, -0.2) is 9.59 Å². The van der Waals surface area contributed by atoms with E-state index in [4.69, 9.17) is 28.6 Å². The van der Waals surface area contributed by atoms with Crippen LogP contribution in [0.2, 0.25) is 0 Å². The first-order valence-electron chi connectivity index (χ1n) is 12.4. The van der Waals surface area contributed by atoms with Gasteiger partial charge in [-0.1, -0.05) is 84.9 Å². The molecule has 4 aromatic carbocycles. The van der Waals surface area contributed by atoms with E-state index >= 15 is 0 Å². The van der Waals surface area contributed by atoms with Crippen LogP contribution in [0.15, 0.2) is 128 Å². The molecule has 0 N–H and O–H groups in total. The third kappa shape index (κ3) is 8.72. The number of carbonyl (C=O) groups excluding carboxylic acids is 2. The molecular formula is C30H22CoN4O8-2. The maximum atomic E-state index is 11.7. The molecule has 6 aromatic rings. The summed E-state index contributed by atoms with van der Waals surface area (Å²) in [6.07, 6.45) is 0. The molecule has 0 amide bonds. The van der Waals surface area contributed by atoms with Crippen LogP contribution in [-0.4, -0.2) is 21.1 Å². The van der Waals surface area contributed by atoms with Gasteiger partial charge >= 0.3 is 28.3 Å². The zero-order valence-corrected chi connectivity index (χ0v) is 23.2. The van der Waals surface area contributed by atoms with Gasteiger partial charge in [0.25, 0.3) is 0 Å². The van der Waals surface area contributed by atoms with Crippen molar-refractivity contribution in [3.8, 4) is 0 Å². The predicted octanol–water partition coefficient (Wildman–Crippen LogP) is 3.00. The van der Waals surface area contributed by atoms with Gasteiger partial charge in [0.1, 0.15) is 0 Å². The van der Waals surface area contributed by atoms with Gasteiger partial charge in [0.05, 0.1) is 23.0 Å². The Balaban J connectivity index is 0.000000195. The Hall–Kier alpha value is -5.53. The third-order valence-electron chi connectivity index (χ3n) is 5.62. The van der Waals surface area contributed by atoms with Gasteiger partial charge in [0, 0.05) is 0 Å². The standard InChI is InChI=1S/2C14H11N2O2.C2H2O4.Co/c2*17-14-16(10-15-11-6-2-1-3-7-11)12-8-4-5-9-13(12)18-14;3-1(4)2(5)6;/h2*1-9H,10H2;(H,3,4)(H,5,6);/q2*-1;;+2/p-2. The molecule has 2 heterocycles. The average molecular weight is 625 g/mol. The van der Waals surface area contributed by atoms with Crippen molar-refractivity contribution in [1.29, 1.82) is 0 Å². The Bertz CT molecular complexity index is 1760. The zero-order chi connectivity index (χ0) is 29.9. The number of aliphatic carboxylic acids is 2. The van der Waals surface area contributed by atoms with E-state index in [0.717, 1.165) is 22.4 Å². The summed E-state index contributed by atoms with van der Waals surface area (Å²) in [4.78, 5) is 41.2. The van der Waals surface area contributed by atoms with Gasteiger partial charge in [-0.15, -0.1) is 11.4 Å². The summed E-state index contributed by atoms with van der Waals surface area (Å²) in [7, 11) is 0. The summed E-state index contributed by atoms with van der Waals surface area (Å²) in [6.45, 7) is 0.527. The average Bonchev–Trinajstić information content (AvgIpc) is 3.51. The van der Waals surface area contributed by atoms with E-state index in [9.17, 15) is 9.59 Å². The molecule has 0 aliphatic rings. The Morgan fingerprint density at radius 2 is 0.884 bits per heavy atom. The van der Waals surface area contributed by atoms with Crippen LogP contribution in [-0.2, 0) is 39.7 Å². The van der Waals surface area contributed by atoms with E-state index in [1.165, 1.54) is 9.13 Å².